The zero-order valence-corrected chi connectivity index (χ0v) is 26.5. The highest BCUT2D eigenvalue weighted by Gasteiger charge is 2.27. The van der Waals surface area contributed by atoms with Gasteiger partial charge in [0, 0.05) is 40.7 Å². The molecule has 1 aromatic heterocycles. The summed E-state index contributed by atoms with van der Waals surface area (Å²) in [4.78, 5) is 8.67. The van der Waals surface area contributed by atoms with Crippen LogP contribution in [0.5, 0.6) is 0 Å². The highest BCUT2D eigenvalue weighted by atomic mass is 32.2. The van der Waals surface area contributed by atoms with Gasteiger partial charge in [0.2, 0.25) is 5.52 Å². The number of fused-ring (bicyclic) bond motifs is 6. The van der Waals surface area contributed by atoms with Crippen molar-refractivity contribution in [2.75, 3.05) is 23.0 Å². The molecule has 43 heavy (non-hydrogen) atoms. The fourth-order valence-electron chi connectivity index (χ4n) is 5.13. The Morgan fingerprint density at radius 2 is 1.74 bits per heavy atom. The first-order valence-corrected chi connectivity index (χ1v) is 17.8. The van der Waals surface area contributed by atoms with E-state index in [0.29, 0.717) is 13.0 Å². The lowest BCUT2D eigenvalue weighted by Gasteiger charge is -2.21. The van der Waals surface area contributed by atoms with Crippen molar-refractivity contribution in [2.45, 2.75) is 25.0 Å². The van der Waals surface area contributed by atoms with Crippen molar-refractivity contribution in [3.05, 3.63) is 95.0 Å². The molecule has 4 aromatic carbocycles. The van der Waals surface area contributed by atoms with Gasteiger partial charge >= 0.3 is 0 Å². The summed E-state index contributed by atoms with van der Waals surface area (Å²) in [5, 5.41) is 11.3. The normalized spacial score (nSPS) is 14.7. The number of aromatic nitrogens is 1. The van der Waals surface area contributed by atoms with Crippen LogP contribution in [0.25, 0.3) is 37.8 Å². The zero-order chi connectivity index (χ0) is 29.8. The van der Waals surface area contributed by atoms with Crippen LogP contribution in [0.3, 0.4) is 0 Å². The topological polar surface area (TPSA) is 89.2 Å². The van der Waals surface area contributed by atoms with E-state index in [2.05, 4.69) is 58.0 Å². The van der Waals surface area contributed by atoms with Gasteiger partial charge in [0.15, 0.2) is 0 Å². The van der Waals surface area contributed by atoms with Crippen LogP contribution in [0, 0.1) is 0 Å². The Morgan fingerprint density at radius 1 is 1.00 bits per heavy atom. The summed E-state index contributed by atoms with van der Waals surface area (Å²) < 4.78 is 40.4. The second-order valence-electron chi connectivity index (χ2n) is 9.68. The van der Waals surface area contributed by atoms with E-state index in [1.807, 2.05) is 49.4 Å². The van der Waals surface area contributed by atoms with Gasteiger partial charge in [-0.15, -0.1) is 9.22 Å². The third kappa shape index (κ3) is 6.76. The lowest BCUT2D eigenvalue weighted by molar-refractivity contribution is -0.747. The van der Waals surface area contributed by atoms with Crippen LogP contribution in [0.15, 0.2) is 94.9 Å². The molecule has 5 aromatic rings. The molecule has 8 nitrogen and oxygen atoms in total. The minimum Gasteiger partial charge on any atom is -0.334 e. The average molecular weight is 654 g/mol. The van der Waals surface area contributed by atoms with Gasteiger partial charge in [-0.2, -0.15) is 13.0 Å². The summed E-state index contributed by atoms with van der Waals surface area (Å²) in [7, 11) is -4.05. The Labute approximate surface area is 262 Å². The van der Waals surface area contributed by atoms with E-state index in [9.17, 15) is 13.0 Å². The fourth-order valence-corrected chi connectivity index (χ4v) is 7.99. The van der Waals surface area contributed by atoms with Gasteiger partial charge in [-0.25, -0.2) is 0 Å². The predicted molar refractivity (Wildman–Crippen MR) is 176 cm³/mol. The second kappa shape index (κ2) is 13.4. The molecule has 0 aliphatic carbocycles. The van der Waals surface area contributed by atoms with Gasteiger partial charge < -0.3 is 4.90 Å². The Kier molecular flexibility index (Phi) is 9.36. The van der Waals surface area contributed by atoms with E-state index >= 15 is 0 Å². The van der Waals surface area contributed by atoms with Crippen molar-refractivity contribution in [3.63, 3.8) is 0 Å². The summed E-state index contributed by atoms with van der Waals surface area (Å²) in [5.41, 5.74) is 2.10. The molecule has 0 saturated carbocycles. The Hall–Kier alpha value is -2.94. The van der Waals surface area contributed by atoms with Gasteiger partial charge in [-0.05, 0) is 46.5 Å². The smallest absolute Gasteiger partial charge is 0.286 e. The number of thiazole rings is 1. The minimum absolute atomic E-state index is 0.127. The average Bonchev–Trinajstić information content (AvgIpc) is 3.54. The molecule has 0 fully saturated rings. The molecule has 0 radical (unpaired) electrons. The maximum atomic E-state index is 11.5. The molecule has 6 rings (SSSR count). The summed E-state index contributed by atoms with van der Waals surface area (Å²) in [6.45, 7) is 2.53. The fraction of sp³-hybridized carbons (Fsp3) is 0.194. The monoisotopic (exact) mass is 653 g/mol. The number of anilines is 1. The molecule has 12 heteroatoms. The minimum atomic E-state index is -4.05. The molecule has 0 atom stereocenters. The van der Waals surface area contributed by atoms with Crippen molar-refractivity contribution < 1.29 is 31.8 Å². The molecule has 2 heterocycles. The van der Waals surface area contributed by atoms with E-state index in [1.165, 1.54) is 0 Å². The quantitative estimate of drug-likeness (QED) is 0.0363. The standard InChI is InChI=1S/C31H28N2O6S4/c1-2-40-39-38-37-21-33-29(42-27-18-16-23-10-4-6-12-25(23)31(27)33)14-7-13-28-32(19-8-20-43(34,35)36)30-24-11-5-3-9-22(24)15-17-26(30)41-28/h3-7,9-18H,2,8,19-21H2,1H3/p+1. The molecule has 1 N–H and O–H groups in total. The highest BCUT2D eigenvalue weighted by molar-refractivity contribution is 8.03. The SMILES string of the molecule is CCSOOOC[n+]1c(C=CC=C2Sc3ccc4ccccc4c3N2CCCS(=O)(=O)O)sc2ccc3ccccc3c21. The third-order valence-corrected chi connectivity index (χ3v) is 10.3. The number of allylic oxidation sites excluding steroid dienone is 2. The lowest BCUT2D eigenvalue weighted by atomic mass is 10.1. The van der Waals surface area contributed by atoms with Crippen molar-refractivity contribution in [2.24, 2.45) is 0 Å². The largest absolute Gasteiger partial charge is 0.334 e. The second-order valence-corrected chi connectivity index (χ2v) is 14.3. The number of hydrogen-bond donors (Lipinski definition) is 1. The molecule has 1 aliphatic heterocycles. The lowest BCUT2D eigenvalue weighted by Crippen LogP contribution is -2.36. The van der Waals surface area contributed by atoms with Crippen LogP contribution in [-0.4, -0.2) is 31.0 Å². The van der Waals surface area contributed by atoms with Crippen LogP contribution in [-0.2, 0) is 31.1 Å². The Morgan fingerprint density at radius 3 is 2.53 bits per heavy atom. The first-order chi connectivity index (χ1) is 20.9. The molecule has 0 amide bonds. The van der Waals surface area contributed by atoms with Gasteiger partial charge in [0.05, 0.1) is 21.9 Å². The molecule has 1 aliphatic rings. The summed E-state index contributed by atoms with van der Waals surface area (Å²) in [6.07, 6.45) is 6.37. The summed E-state index contributed by atoms with van der Waals surface area (Å²) in [6, 6.07) is 24.8. The predicted octanol–water partition coefficient (Wildman–Crippen LogP) is 7.75. The van der Waals surface area contributed by atoms with Gasteiger partial charge in [-0.3, -0.25) is 4.55 Å². The maximum absolute atomic E-state index is 11.5. The van der Waals surface area contributed by atoms with Crippen molar-refractivity contribution in [3.8, 4) is 0 Å². The number of hydrogen-bond acceptors (Lipinski definition) is 9. The van der Waals surface area contributed by atoms with E-state index < -0.39 is 10.1 Å². The molecule has 0 unspecified atom stereocenters. The summed E-state index contributed by atoms with van der Waals surface area (Å²) >= 11 is 4.44. The van der Waals surface area contributed by atoms with Gasteiger partial charge in [0.1, 0.15) is 4.70 Å². The van der Waals surface area contributed by atoms with E-state index in [0.717, 1.165) is 70.2 Å². The third-order valence-electron chi connectivity index (χ3n) is 6.91. The number of rotatable bonds is 12. The first-order valence-electron chi connectivity index (χ1n) is 13.7. The molecular weight excluding hydrogens is 625 g/mol. The van der Waals surface area contributed by atoms with Crippen LogP contribution in [0.2, 0.25) is 0 Å². The number of thioether (sulfide) groups is 1. The Bertz CT molecular complexity index is 1950. The summed E-state index contributed by atoms with van der Waals surface area (Å²) in [5.74, 6) is 0.436. The molecule has 222 valence electrons. The van der Waals surface area contributed by atoms with Gasteiger partial charge in [-0.1, -0.05) is 90.7 Å². The number of benzene rings is 4. The van der Waals surface area contributed by atoms with E-state index in [4.69, 9.17) is 14.3 Å². The van der Waals surface area contributed by atoms with Gasteiger partial charge in [0.25, 0.3) is 21.9 Å². The molecular formula is C31H29N2O6S4+. The molecule has 0 saturated heterocycles. The maximum Gasteiger partial charge on any atom is 0.286 e. The first kappa shape index (κ1) is 30.1. The zero-order valence-electron chi connectivity index (χ0n) is 23.2. The van der Waals surface area contributed by atoms with Crippen LogP contribution < -0.4 is 9.47 Å². The highest BCUT2D eigenvalue weighted by Crippen LogP contribution is 2.49. The number of nitrogens with zero attached hydrogens (tertiary/aromatic N) is 2. The molecule has 0 spiro atoms. The van der Waals surface area contributed by atoms with Crippen LogP contribution in [0.4, 0.5) is 5.69 Å². The van der Waals surface area contributed by atoms with Crippen molar-refractivity contribution in [1.29, 1.82) is 0 Å². The van der Waals surface area contributed by atoms with E-state index in [-0.39, 0.29) is 12.5 Å². The van der Waals surface area contributed by atoms with Crippen LogP contribution >= 0.6 is 35.1 Å². The Balaban J connectivity index is 1.35. The van der Waals surface area contributed by atoms with Crippen molar-refractivity contribution in [1.82, 2.24) is 0 Å². The van der Waals surface area contributed by atoms with Crippen LogP contribution in [0.1, 0.15) is 18.4 Å². The molecule has 0 bridgehead atoms. The van der Waals surface area contributed by atoms with E-state index in [1.54, 1.807) is 23.1 Å². The van der Waals surface area contributed by atoms with Crippen molar-refractivity contribution >= 4 is 88.8 Å².